The van der Waals surface area contributed by atoms with E-state index in [9.17, 15) is 10.1 Å². The second kappa shape index (κ2) is 6.13. The molecule has 1 rings (SSSR count). The Kier molecular flexibility index (Phi) is 4.82. The van der Waals surface area contributed by atoms with E-state index >= 15 is 0 Å². The second-order valence-electron chi connectivity index (χ2n) is 4.06. The second-order valence-corrected chi connectivity index (χ2v) is 4.06. The third kappa shape index (κ3) is 2.85. The van der Waals surface area contributed by atoms with Crippen LogP contribution in [0.4, 0.5) is 17.3 Å². The van der Waals surface area contributed by atoms with Gasteiger partial charge in [-0.3, -0.25) is 10.1 Å². The maximum atomic E-state index is 11.2. The number of anilines is 2. The first-order chi connectivity index (χ1) is 8.52. The highest BCUT2D eigenvalue weighted by atomic mass is 16.6. The van der Waals surface area contributed by atoms with E-state index in [1.54, 1.807) is 0 Å². The minimum absolute atomic E-state index is 0.0603. The van der Waals surface area contributed by atoms with Gasteiger partial charge in [-0.15, -0.1) is 0 Å². The molecule has 0 unspecified atom stereocenters. The fourth-order valence-electron chi connectivity index (χ4n) is 1.80. The van der Waals surface area contributed by atoms with Crippen LogP contribution in [0.15, 0.2) is 6.33 Å². The van der Waals surface area contributed by atoms with Crippen LogP contribution in [0.3, 0.4) is 0 Å². The van der Waals surface area contributed by atoms with Crippen molar-refractivity contribution in [1.29, 1.82) is 0 Å². The molecule has 1 heterocycles. The van der Waals surface area contributed by atoms with Gasteiger partial charge in [0, 0.05) is 19.1 Å². The van der Waals surface area contributed by atoms with E-state index in [0.29, 0.717) is 18.9 Å². The van der Waals surface area contributed by atoms with Gasteiger partial charge < -0.3 is 10.2 Å². The van der Waals surface area contributed by atoms with Gasteiger partial charge in [0.05, 0.1) is 4.92 Å². The molecule has 1 aromatic heterocycles. The van der Waals surface area contributed by atoms with E-state index in [2.05, 4.69) is 15.3 Å². The zero-order valence-corrected chi connectivity index (χ0v) is 11.2. The molecule has 0 spiro atoms. The van der Waals surface area contributed by atoms with Crippen molar-refractivity contribution in [2.24, 2.45) is 0 Å². The van der Waals surface area contributed by atoms with Gasteiger partial charge in [-0.25, -0.2) is 9.97 Å². The molecule has 0 radical (unpaired) electrons. The summed E-state index contributed by atoms with van der Waals surface area (Å²) in [6, 6.07) is 0.137. The van der Waals surface area contributed by atoms with Crippen LogP contribution in [-0.4, -0.2) is 34.0 Å². The highest BCUT2D eigenvalue weighted by molar-refractivity contribution is 5.70. The molecule has 0 aliphatic rings. The van der Waals surface area contributed by atoms with Gasteiger partial charge >= 0.3 is 5.69 Å². The fourth-order valence-corrected chi connectivity index (χ4v) is 1.80. The molecule has 1 N–H and O–H groups in total. The Morgan fingerprint density at radius 1 is 1.44 bits per heavy atom. The van der Waals surface area contributed by atoms with Crippen molar-refractivity contribution in [3.8, 4) is 0 Å². The van der Waals surface area contributed by atoms with Crippen molar-refractivity contribution in [1.82, 2.24) is 9.97 Å². The molecular formula is C11H19N5O2. The Bertz CT molecular complexity index is 422. The van der Waals surface area contributed by atoms with Crippen molar-refractivity contribution in [2.45, 2.75) is 33.7 Å². The molecule has 0 amide bonds. The van der Waals surface area contributed by atoms with E-state index in [4.69, 9.17) is 0 Å². The number of hydrogen-bond acceptors (Lipinski definition) is 6. The zero-order chi connectivity index (χ0) is 13.7. The molecule has 0 saturated carbocycles. The lowest BCUT2D eigenvalue weighted by Gasteiger charge is -2.25. The van der Waals surface area contributed by atoms with Crippen LogP contribution in [-0.2, 0) is 0 Å². The Labute approximate surface area is 106 Å². The highest BCUT2D eigenvalue weighted by Crippen LogP contribution is 2.32. The van der Waals surface area contributed by atoms with Crippen LogP contribution < -0.4 is 10.2 Å². The minimum atomic E-state index is -0.432. The van der Waals surface area contributed by atoms with Crippen molar-refractivity contribution in [2.75, 3.05) is 23.3 Å². The zero-order valence-electron chi connectivity index (χ0n) is 11.2. The summed E-state index contributed by atoms with van der Waals surface area (Å²) in [7, 11) is 0. The predicted molar refractivity (Wildman–Crippen MR) is 71.0 cm³/mol. The first kappa shape index (κ1) is 14.1. The Balaban J connectivity index is 3.33. The molecule has 0 aliphatic heterocycles. The Morgan fingerprint density at radius 2 is 2.11 bits per heavy atom. The summed E-state index contributed by atoms with van der Waals surface area (Å²) < 4.78 is 0. The normalized spacial score (nSPS) is 10.5. The summed E-state index contributed by atoms with van der Waals surface area (Å²) in [5.41, 5.74) is -0.0603. The summed E-state index contributed by atoms with van der Waals surface area (Å²) in [4.78, 5) is 20.7. The molecule has 0 bridgehead atoms. The maximum Gasteiger partial charge on any atom is 0.353 e. The first-order valence-electron chi connectivity index (χ1n) is 6.02. The monoisotopic (exact) mass is 253 g/mol. The van der Waals surface area contributed by atoms with Crippen molar-refractivity contribution in [3.05, 3.63) is 16.4 Å². The number of aromatic nitrogens is 2. The summed E-state index contributed by atoms with van der Waals surface area (Å²) in [5, 5.41) is 14.1. The lowest BCUT2D eigenvalue weighted by molar-refractivity contribution is -0.383. The number of nitro groups is 1. The summed E-state index contributed by atoms with van der Waals surface area (Å²) in [6.45, 7) is 8.99. The van der Waals surface area contributed by atoms with Gasteiger partial charge in [-0.2, -0.15) is 0 Å². The number of rotatable bonds is 6. The quantitative estimate of drug-likeness (QED) is 0.617. The highest BCUT2D eigenvalue weighted by Gasteiger charge is 2.27. The Morgan fingerprint density at radius 3 is 2.56 bits per heavy atom. The number of nitrogens with zero attached hydrogens (tertiary/aromatic N) is 4. The summed E-state index contributed by atoms with van der Waals surface area (Å²) in [6.07, 6.45) is 1.35. The van der Waals surface area contributed by atoms with Crippen molar-refractivity contribution >= 4 is 17.3 Å². The molecular weight excluding hydrogens is 234 g/mol. The maximum absolute atomic E-state index is 11.2. The average Bonchev–Trinajstić information content (AvgIpc) is 2.29. The van der Waals surface area contributed by atoms with Crippen LogP contribution in [0.5, 0.6) is 0 Å². The fraction of sp³-hybridized carbons (Fsp3) is 0.636. The molecule has 0 fully saturated rings. The SMILES string of the molecule is CCNc1ncnc(N(CC)C(C)C)c1[N+](=O)[O-]. The van der Waals surface area contributed by atoms with Gasteiger partial charge in [0.1, 0.15) is 6.33 Å². The molecule has 0 atom stereocenters. The van der Waals surface area contributed by atoms with Crippen LogP contribution >= 0.6 is 0 Å². The molecule has 100 valence electrons. The standard InChI is InChI=1S/C11H19N5O2/c1-5-12-10-9(16(17)18)11(14-7-13-10)15(6-2)8(3)4/h7-8H,5-6H2,1-4H3,(H,12,13,14). The number of nitrogens with one attached hydrogen (secondary N) is 1. The van der Waals surface area contributed by atoms with Crippen molar-refractivity contribution in [3.63, 3.8) is 0 Å². The van der Waals surface area contributed by atoms with Crippen LogP contribution in [0.25, 0.3) is 0 Å². The largest absolute Gasteiger partial charge is 0.364 e. The van der Waals surface area contributed by atoms with Gasteiger partial charge in [0.15, 0.2) is 0 Å². The van der Waals surface area contributed by atoms with E-state index in [1.807, 2.05) is 32.6 Å². The molecule has 7 nitrogen and oxygen atoms in total. The van der Waals surface area contributed by atoms with E-state index in [-0.39, 0.29) is 17.5 Å². The lowest BCUT2D eigenvalue weighted by Crippen LogP contribution is -2.32. The van der Waals surface area contributed by atoms with Gasteiger partial charge in [-0.05, 0) is 27.7 Å². The Hall–Kier alpha value is -1.92. The smallest absolute Gasteiger partial charge is 0.353 e. The lowest BCUT2D eigenvalue weighted by atomic mass is 10.3. The predicted octanol–water partition coefficient (Wildman–Crippen LogP) is 2.05. The topological polar surface area (TPSA) is 84.2 Å². The van der Waals surface area contributed by atoms with E-state index in [0.717, 1.165) is 0 Å². The summed E-state index contributed by atoms with van der Waals surface area (Å²) in [5.74, 6) is 0.634. The van der Waals surface area contributed by atoms with Gasteiger partial charge in [0.2, 0.25) is 11.6 Å². The van der Waals surface area contributed by atoms with E-state index in [1.165, 1.54) is 6.33 Å². The van der Waals surface area contributed by atoms with Crippen LogP contribution in [0.2, 0.25) is 0 Å². The average molecular weight is 253 g/mol. The first-order valence-corrected chi connectivity index (χ1v) is 6.02. The molecule has 0 aromatic carbocycles. The molecule has 18 heavy (non-hydrogen) atoms. The molecule has 0 aliphatic carbocycles. The van der Waals surface area contributed by atoms with E-state index < -0.39 is 4.92 Å². The minimum Gasteiger partial charge on any atom is -0.364 e. The van der Waals surface area contributed by atoms with Crippen LogP contribution in [0, 0.1) is 10.1 Å². The number of hydrogen-bond donors (Lipinski definition) is 1. The molecule has 7 heteroatoms. The van der Waals surface area contributed by atoms with Crippen molar-refractivity contribution < 1.29 is 4.92 Å². The third-order valence-electron chi connectivity index (χ3n) is 2.57. The molecule has 1 aromatic rings. The molecule has 0 saturated heterocycles. The van der Waals surface area contributed by atoms with Gasteiger partial charge in [0.25, 0.3) is 0 Å². The van der Waals surface area contributed by atoms with Gasteiger partial charge in [-0.1, -0.05) is 0 Å². The third-order valence-corrected chi connectivity index (χ3v) is 2.57. The van der Waals surface area contributed by atoms with Crippen LogP contribution in [0.1, 0.15) is 27.7 Å². The summed E-state index contributed by atoms with van der Waals surface area (Å²) >= 11 is 0.